The lowest BCUT2D eigenvalue weighted by atomic mass is 10.1. The molecule has 0 aliphatic carbocycles. The van der Waals surface area contributed by atoms with E-state index in [1.165, 1.54) is 21.6 Å². The first-order chi connectivity index (χ1) is 8.76. The molecule has 0 aliphatic heterocycles. The average Bonchev–Trinajstić information content (AvgIpc) is 2.82. The van der Waals surface area contributed by atoms with Gasteiger partial charge in [0.2, 0.25) is 0 Å². The van der Waals surface area contributed by atoms with Crippen LogP contribution in [0.5, 0.6) is 5.75 Å². The van der Waals surface area contributed by atoms with Gasteiger partial charge in [-0.1, -0.05) is 6.92 Å². The molecule has 0 saturated carbocycles. The van der Waals surface area contributed by atoms with Crippen LogP contribution in [-0.2, 0) is 6.54 Å². The van der Waals surface area contributed by atoms with Gasteiger partial charge in [-0.05, 0) is 54.2 Å². The largest absolute Gasteiger partial charge is 0.496 e. The number of methoxy groups -OCH3 is 1. The Balaban J connectivity index is 2.36. The summed E-state index contributed by atoms with van der Waals surface area (Å²) in [5, 5.41) is 5.49. The molecular formula is C15H19NOS. The van der Waals surface area contributed by atoms with Gasteiger partial charge in [0, 0.05) is 17.0 Å². The van der Waals surface area contributed by atoms with Crippen LogP contribution in [0.3, 0.4) is 0 Å². The van der Waals surface area contributed by atoms with Crippen molar-refractivity contribution in [2.75, 3.05) is 13.7 Å². The Morgan fingerprint density at radius 2 is 2.11 bits per heavy atom. The maximum absolute atomic E-state index is 5.41. The molecule has 0 atom stereocenters. The van der Waals surface area contributed by atoms with Crippen LogP contribution in [0.4, 0.5) is 0 Å². The van der Waals surface area contributed by atoms with Gasteiger partial charge in [-0.2, -0.15) is 0 Å². The van der Waals surface area contributed by atoms with Crippen LogP contribution in [0, 0.1) is 6.92 Å². The van der Waals surface area contributed by atoms with Gasteiger partial charge in [-0.15, -0.1) is 11.3 Å². The third-order valence-electron chi connectivity index (χ3n) is 2.97. The monoisotopic (exact) mass is 261 g/mol. The third-order valence-corrected chi connectivity index (χ3v) is 4.04. The summed E-state index contributed by atoms with van der Waals surface area (Å²) in [6, 6.07) is 8.57. The molecule has 1 aromatic heterocycles. The lowest BCUT2D eigenvalue weighted by Crippen LogP contribution is -2.12. The van der Waals surface area contributed by atoms with Crippen molar-refractivity contribution in [3.05, 3.63) is 40.8 Å². The molecule has 0 fully saturated rings. The zero-order chi connectivity index (χ0) is 13.0. The van der Waals surface area contributed by atoms with Crippen molar-refractivity contribution < 1.29 is 4.74 Å². The summed E-state index contributed by atoms with van der Waals surface area (Å²) in [6.45, 7) is 6.07. The summed E-state index contributed by atoms with van der Waals surface area (Å²) in [4.78, 5) is 1.34. The van der Waals surface area contributed by atoms with E-state index < -0.39 is 0 Å². The van der Waals surface area contributed by atoms with Crippen LogP contribution in [0.15, 0.2) is 29.6 Å². The van der Waals surface area contributed by atoms with Gasteiger partial charge >= 0.3 is 0 Å². The van der Waals surface area contributed by atoms with E-state index in [9.17, 15) is 0 Å². The third kappa shape index (κ3) is 2.74. The summed E-state index contributed by atoms with van der Waals surface area (Å²) in [6.07, 6.45) is 0. The zero-order valence-corrected chi connectivity index (χ0v) is 11.9. The van der Waals surface area contributed by atoms with Crippen molar-refractivity contribution in [1.82, 2.24) is 5.32 Å². The number of hydrogen-bond acceptors (Lipinski definition) is 3. The minimum atomic E-state index is 0.845. The molecule has 1 aromatic carbocycles. The van der Waals surface area contributed by atoms with E-state index in [1.807, 2.05) is 0 Å². The number of aryl methyl sites for hydroxylation is 1. The number of nitrogens with one attached hydrogen (secondary N) is 1. The van der Waals surface area contributed by atoms with Crippen molar-refractivity contribution in [3.63, 3.8) is 0 Å². The molecular weight excluding hydrogens is 242 g/mol. The van der Waals surface area contributed by atoms with Gasteiger partial charge in [-0.25, -0.2) is 0 Å². The predicted molar refractivity (Wildman–Crippen MR) is 78.4 cm³/mol. The van der Waals surface area contributed by atoms with Gasteiger partial charge in [0.1, 0.15) is 5.75 Å². The Bertz CT molecular complexity index is 519. The molecule has 1 N–H and O–H groups in total. The normalized spacial score (nSPS) is 10.6. The first kappa shape index (κ1) is 13.1. The second kappa shape index (κ2) is 6.03. The number of rotatable bonds is 5. The Kier molecular flexibility index (Phi) is 4.39. The fourth-order valence-electron chi connectivity index (χ4n) is 1.99. The van der Waals surface area contributed by atoms with Crippen molar-refractivity contribution in [3.8, 4) is 16.2 Å². The van der Waals surface area contributed by atoms with Crippen LogP contribution in [0.25, 0.3) is 10.4 Å². The minimum absolute atomic E-state index is 0.845. The Morgan fingerprint density at radius 1 is 1.28 bits per heavy atom. The second-order valence-electron chi connectivity index (χ2n) is 4.24. The highest BCUT2D eigenvalue weighted by molar-refractivity contribution is 7.13. The summed E-state index contributed by atoms with van der Waals surface area (Å²) in [5.41, 5.74) is 3.82. The molecule has 3 heteroatoms. The molecule has 2 rings (SSSR count). The number of thiophene rings is 1. The van der Waals surface area contributed by atoms with Gasteiger partial charge in [-0.3, -0.25) is 0 Å². The number of benzene rings is 1. The maximum atomic E-state index is 5.41. The van der Waals surface area contributed by atoms with E-state index in [0.717, 1.165) is 18.8 Å². The minimum Gasteiger partial charge on any atom is -0.496 e. The number of hydrogen-bond donors (Lipinski definition) is 1. The predicted octanol–water partition coefficient (Wildman–Crippen LogP) is 3.84. The highest BCUT2D eigenvalue weighted by Crippen LogP contribution is 2.32. The molecule has 0 amide bonds. The lowest BCUT2D eigenvalue weighted by Gasteiger charge is -2.11. The van der Waals surface area contributed by atoms with Crippen LogP contribution < -0.4 is 10.1 Å². The zero-order valence-electron chi connectivity index (χ0n) is 11.1. The molecule has 0 unspecified atom stereocenters. The first-order valence-electron chi connectivity index (χ1n) is 6.18. The van der Waals surface area contributed by atoms with Crippen LogP contribution in [0.1, 0.15) is 18.1 Å². The fraction of sp³-hybridized carbons (Fsp3) is 0.333. The van der Waals surface area contributed by atoms with E-state index in [2.05, 4.69) is 48.8 Å². The van der Waals surface area contributed by atoms with Crippen molar-refractivity contribution in [2.45, 2.75) is 20.4 Å². The molecule has 96 valence electrons. The van der Waals surface area contributed by atoms with Gasteiger partial charge in [0.05, 0.1) is 7.11 Å². The summed E-state index contributed by atoms with van der Waals surface area (Å²) in [7, 11) is 1.72. The topological polar surface area (TPSA) is 21.3 Å². The molecule has 18 heavy (non-hydrogen) atoms. The van der Waals surface area contributed by atoms with Crippen molar-refractivity contribution in [2.24, 2.45) is 0 Å². The van der Waals surface area contributed by atoms with Gasteiger partial charge in [0.15, 0.2) is 0 Å². The highest BCUT2D eigenvalue weighted by Gasteiger charge is 2.08. The van der Waals surface area contributed by atoms with Gasteiger partial charge in [0.25, 0.3) is 0 Å². The molecule has 0 bridgehead atoms. The van der Waals surface area contributed by atoms with E-state index in [1.54, 1.807) is 18.4 Å². The van der Waals surface area contributed by atoms with Crippen LogP contribution in [-0.4, -0.2) is 13.7 Å². The van der Waals surface area contributed by atoms with Crippen LogP contribution >= 0.6 is 11.3 Å². The maximum Gasteiger partial charge on any atom is 0.123 e. The molecule has 2 aromatic rings. The summed E-state index contributed by atoms with van der Waals surface area (Å²) >= 11 is 1.79. The van der Waals surface area contributed by atoms with Crippen molar-refractivity contribution in [1.29, 1.82) is 0 Å². The van der Waals surface area contributed by atoms with E-state index in [-0.39, 0.29) is 0 Å². The Hall–Kier alpha value is -1.32. The van der Waals surface area contributed by atoms with Crippen LogP contribution in [0.2, 0.25) is 0 Å². The molecule has 2 nitrogen and oxygen atoms in total. The lowest BCUT2D eigenvalue weighted by molar-refractivity contribution is 0.408. The molecule has 0 saturated heterocycles. The summed E-state index contributed by atoms with van der Waals surface area (Å²) < 4.78 is 5.41. The quantitative estimate of drug-likeness (QED) is 0.883. The van der Waals surface area contributed by atoms with Gasteiger partial charge < -0.3 is 10.1 Å². The first-order valence-corrected chi connectivity index (χ1v) is 7.06. The average molecular weight is 261 g/mol. The SMILES string of the molecule is CCNCc1cc(-c2sccc2C)ccc1OC. The molecule has 0 aliphatic rings. The highest BCUT2D eigenvalue weighted by atomic mass is 32.1. The Morgan fingerprint density at radius 3 is 2.72 bits per heavy atom. The Labute approximate surface area is 113 Å². The van der Waals surface area contributed by atoms with E-state index in [4.69, 9.17) is 4.74 Å². The number of ether oxygens (including phenoxy) is 1. The molecule has 0 spiro atoms. The fourth-order valence-corrected chi connectivity index (χ4v) is 2.91. The smallest absolute Gasteiger partial charge is 0.123 e. The standard InChI is InChI=1S/C15H19NOS/c1-4-16-10-13-9-12(5-6-14(13)17-3)15-11(2)7-8-18-15/h5-9,16H,4,10H2,1-3H3. The second-order valence-corrected chi connectivity index (χ2v) is 5.16. The van der Waals surface area contributed by atoms with Crippen molar-refractivity contribution >= 4 is 11.3 Å². The molecule has 0 radical (unpaired) electrons. The molecule has 1 heterocycles. The van der Waals surface area contributed by atoms with E-state index in [0.29, 0.717) is 0 Å². The van der Waals surface area contributed by atoms with E-state index >= 15 is 0 Å². The summed E-state index contributed by atoms with van der Waals surface area (Å²) in [5.74, 6) is 0.953.